The third-order valence-corrected chi connectivity index (χ3v) is 5.85. The molecule has 5 rings (SSSR count). The number of aromatic nitrogens is 5. The minimum Gasteiger partial charge on any atom is -0.415 e. The summed E-state index contributed by atoms with van der Waals surface area (Å²) in [5.74, 6) is 1.39. The van der Waals surface area contributed by atoms with E-state index in [0.717, 1.165) is 36.4 Å². The van der Waals surface area contributed by atoms with Crippen LogP contribution in [0.3, 0.4) is 0 Å². The highest BCUT2D eigenvalue weighted by Crippen LogP contribution is 2.27. The minimum atomic E-state index is -0.706. The van der Waals surface area contributed by atoms with E-state index in [9.17, 15) is 5.26 Å². The van der Waals surface area contributed by atoms with E-state index in [-0.39, 0.29) is 5.89 Å². The molecule has 0 atom stereocenters. The Morgan fingerprint density at radius 1 is 1.06 bits per heavy atom. The zero-order chi connectivity index (χ0) is 23.5. The molecule has 1 aliphatic heterocycles. The highest BCUT2D eigenvalue weighted by atomic mass is 16.4. The fourth-order valence-corrected chi connectivity index (χ4v) is 3.53. The molecule has 9 heteroatoms. The summed E-state index contributed by atoms with van der Waals surface area (Å²) in [6, 6.07) is 13.9. The van der Waals surface area contributed by atoms with Crippen molar-refractivity contribution >= 4 is 5.69 Å². The molecule has 170 valence electrons. The maximum Gasteiger partial charge on any atom is 0.268 e. The lowest BCUT2D eigenvalue weighted by Crippen LogP contribution is -2.45. The summed E-state index contributed by atoms with van der Waals surface area (Å²) in [7, 11) is 0. The molecule has 2 N–H and O–H groups in total. The molecule has 34 heavy (non-hydrogen) atoms. The lowest BCUT2D eigenvalue weighted by atomic mass is 9.90. The molecule has 0 unspecified atom stereocenters. The molecule has 4 heterocycles. The summed E-state index contributed by atoms with van der Waals surface area (Å²) in [5.41, 5.74) is 3.77. The van der Waals surface area contributed by atoms with E-state index in [4.69, 9.17) is 4.42 Å². The predicted octanol–water partition coefficient (Wildman–Crippen LogP) is 3.69. The van der Waals surface area contributed by atoms with Gasteiger partial charge in [-0.2, -0.15) is 5.26 Å². The van der Waals surface area contributed by atoms with Gasteiger partial charge in [0.2, 0.25) is 5.89 Å². The Balaban J connectivity index is 1.34. The normalized spacial score (nSPS) is 13.8. The third-order valence-electron chi connectivity index (χ3n) is 5.85. The van der Waals surface area contributed by atoms with Crippen molar-refractivity contribution < 1.29 is 4.42 Å². The van der Waals surface area contributed by atoms with Crippen molar-refractivity contribution in [3.05, 3.63) is 60.7 Å². The topological polar surface area (TPSA) is 125 Å². The van der Waals surface area contributed by atoms with Crippen LogP contribution in [0.5, 0.6) is 0 Å². The van der Waals surface area contributed by atoms with E-state index >= 15 is 0 Å². The van der Waals surface area contributed by atoms with Crippen molar-refractivity contribution in [3.63, 3.8) is 0 Å². The Morgan fingerprint density at radius 3 is 2.56 bits per heavy atom. The standard InChI is InChI=1S/C25H24N8O/c1-25(2,15-26)22-9-18(7-8-29-22)20-13-28-14-21(31-20)24-33-32-23(34-24)17-3-5-19(6-4-17)30-12-16-10-27-11-16/h3-9,13-14,16,27,30H,10-12H2,1-2H3. The van der Waals surface area contributed by atoms with Gasteiger partial charge in [0, 0.05) is 48.6 Å². The highest BCUT2D eigenvalue weighted by Gasteiger charge is 2.22. The summed E-state index contributed by atoms with van der Waals surface area (Å²) >= 11 is 0. The molecule has 1 saturated heterocycles. The number of nitrogens with zero attached hydrogens (tertiary/aromatic N) is 6. The SMILES string of the molecule is CC(C)(C#N)c1cc(-c2cncc(-c3nnc(-c4ccc(NCC5CNC5)cc4)o3)n2)ccn1. The summed E-state index contributed by atoms with van der Waals surface area (Å²) in [4.78, 5) is 13.3. The van der Waals surface area contributed by atoms with Crippen LogP contribution in [-0.4, -0.2) is 44.8 Å². The van der Waals surface area contributed by atoms with E-state index < -0.39 is 5.41 Å². The summed E-state index contributed by atoms with van der Waals surface area (Å²) < 4.78 is 5.90. The molecule has 0 amide bonds. The lowest BCUT2D eigenvalue weighted by molar-refractivity contribution is 0.365. The van der Waals surface area contributed by atoms with Crippen LogP contribution in [0.1, 0.15) is 19.5 Å². The first-order chi connectivity index (χ1) is 16.5. The van der Waals surface area contributed by atoms with Gasteiger partial charge < -0.3 is 15.1 Å². The van der Waals surface area contributed by atoms with Gasteiger partial charge in [-0.3, -0.25) is 9.97 Å². The molecule has 0 spiro atoms. The molecule has 0 saturated carbocycles. The van der Waals surface area contributed by atoms with Gasteiger partial charge in [-0.15, -0.1) is 10.2 Å². The smallest absolute Gasteiger partial charge is 0.268 e. The van der Waals surface area contributed by atoms with Crippen LogP contribution in [0.4, 0.5) is 5.69 Å². The van der Waals surface area contributed by atoms with Gasteiger partial charge in [0.25, 0.3) is 5.89 Å². The van der Waals surface area contributed by atoms with Gasteiger partial charge in [-0.05, 0) is 50.2 Å². The molecule has 0 radical (unpaired) electrons. The number of rotatable bonds is 7. The van der Waals surface area contributed by atoms with Crippen molar-refractivity contribution in [1.82, 2.24) is 30.5 Å². The quantitative estimate of drug-likeness (QED) is 0.432. The lowest BCUT2D eigenvalue weighted by Gasteiger charge is -2.27. The molecule has 1 fully saturated rings. The second-order valence-electron chi connectivity index (χ2n) is 8.85. The fourth-order valence-electron chi connectivity index (χ4n) is 3.53. The molecule has 0 aliphatic carbocycles. The zero-order valence-electron chi connectivity index (χ0n) is 19.0. The van der Waals surface area contributed by atoms with Gasteiger partial charge in [0.05, 0.1) is 35.3 Å². The van der Waals surface area contributed by atoms with Gasteiger partial charge in [-0.1, -0.05) is 0 Å². The van der Waals surface area contributed by atoms with Gasteiger partial charge in [-0.25, -0.2) is 4.98 Å². The molecular formula is C25H24N8O. The number of anilines is 1. The van der Waals surface area contributed by atoms with E-state index in [1.54, 1.807) is 18.6 Å². The van der Waals surface area contributed by atoms with Crippen LogP contribution in [0.15, 0.2) is 59.4 Å². The van der Waals surface area contributed by atoms with E-state index in [1.165, 1.54) is 0 Å². The van der Waals surface area contributed by atoms with E-state index in [2.05, 4.69) is 41.9 Å². The number of nitriles is 1. The number of hydrogen-bond donors (Lipinski definition) is 2. The fraction of sp³-hybridized carbons (Fsp3) is 0.280. The maximum atomic E-state index is 9.42. The first kappa shape index (κ1) is 21.7. The van der Waals surface area contributed by atoms with Crippen LogP contribution in [-0.2, 0) is 5.41 Å². The van der Waals surface area contributed by atoms with Gasteiger partial charge in [0.15, 0.2) is 0 Å². The van der Waals surface area contributed by atoms with Crippen molar-refractivity contribution in [2.75, 3.05) is 25.0 Å². The first-order valence-electron chi connectivity index (χ1n) is 11.1. The summed E-state index contributed by atoms with van der Waals surface area (Å²) in [6.07, 6.45) is 4.92. The van der Waals surface area contributed by atoms with Crippen molar-refractivity contribution in [2.45, 2.75) is 19.3 Å². The zero-order valence-corrected chi connectivity index (χ0v) is 19.0. The van der Waals surface area contributed by atoms with E-state index in [0.29, 0.717) is 28.9 Å². The van der Waals surface area contributed by atoms with E-state index in [1.807, 2.05) is 50.2 Å². The average molecular weight is 453 g/mol. The largest absolute Gasteiger partial charge is 0.415 e. The monoisotopic (exact) mass is 452 g/mol. The number of hydrogen-bond acceptors (Lipinski definition) is 9. The Morgan fingerprint density at radius 2 is 1.82 bits per heavy atom. The predicted molar refractivity (Wildman–Crippen MR) is 127 cm³/mol. The Kier molecular flexibility index (Phi) is 5.74. The molecular weight excluding hydrogens is 428 g/mol. The Hall–Kier alpha value is -4.16. The molecule has 1 aromatic carbocycles. The molecule has 1 aliphatic rings. The van der Waals surface area contributed by atoms with Gasteiger partial charge >= 0.3 is 0 Å². The first-order valence-corrected chi connectivity index (χ1v) is 11.1. The number of pyridine rings is 1. The summed E-state index contributed by atoms with van der Waals surface area (Å²) in [6.45, 7) is 6.75. The molecule has 4 aromatic rings. The number of nitrogens with one attached hydrogen (secondary N) is 2. The Labute approximate surface area is 197 Å². The highest BCUT2D eigenvalue weighted by molar-refractivity contribution is 5.63. The van der Waals surface area contributed by atoms with Crippen molar-refractivity contribution in [1.29, 1.82) is 5.26 Å². The maximum absolute atomic E-state index is 9.42. The number of benzene rings is 1. The van der Waals surface area contributed by atoms with Gasteiger partial charge in [0.1, 0.15) is 5.69 Å². The van der Waals surface area contributed by atoms with Crippen LogP contribution in [0, 0.1) is 17.2 Å². The van der Waals surface area contributed by atoms with Crippen molar-refractivity contribution in [2.24, 2.45) is 5.92 Å². The van der Waals surface area contributed by atoms with Crippen molar-refractivity contribution in [3.8, 4) is 40.4 Å². The van der Waals surface area contributed by atoms with Crippen LogP contribution in [0.25, 0.3) is 34.3 Å². The minimum absolute atomic E-state index is 0.288. The van der Waals surface area contributed by atoms with Crippen LogP contribution >= 0.6 is 0 Å². The molecule has 0 bridgehead atoms. The van der Waals surface area contributed by atoms with Crippen LogP contribution in [0.2, 0.25) is 0 Å². The average Bonchev–Trinajstić information content (AvgIpc) is 3.34. The van der Waals surface area contributed by atoms with Crippen LogP contribution < -0.4 is 10.6 Å². The Bertz CT molecular complexity index is 1340. The summed E-state index contributed by atoms with van der Waals surface area (Å²) in [5, 5.41) is 24.5. The molecule has 3 aromatic heterocycles. The third kappa shape index (κ3) is 4.49. The second-order valence-corrected chi connectivity index (χ2v) is 8.85. The molecule has 9 nitrogen and oxygen atoms in total. The second kappa shape index (κ2) is 9.00.